The molecule has 2 fully saturated rings. The number of benzene rings is 1. The van der Waals surface area contributed by atoms with Gasteiger partial charge < -0.3 is 14.5 Å². The Kier molecular flexibility index (Phi) is 5.23. The van der Waals surface area contributed by atoms with Gasteiger partial charge >= 0.3 is 0 Å². The van der Waals surface area contributed by atoms with Gasteiger partial charge in [-0.3, -0.25) is 19.3 Å². The van der Waals surface area contributed by atoms with Crippen molar-refractivity contribution in [3.63, 3.8) is 0 Å². The minimum atomic E-state index is -1.06. The van der Waals surface area contributed by atoms with Gasteiger partial charge in [-0.15, -0.1) is 0 Å². The molecule has 0 bridgehead atoms. The minimum absolute atomic E-state index is 0.0278. The molecular weight excluding hydrogens is 370 g/mol. The molecule has 0 N–H and O–H groups in total. The molecule has 4 rings (SSSR count). The highest BCUT2D eigenvalue weighted by molar-refractivity contribution is 6.07. The van der Waals surface area contributed by atoms with Gasteiger partial charge in [0.15, 0.2) is 5.60 Å². The minimum Gasteiger partial charge on any atom is -0.476 e. The summed E-state index contributed by atoms with van der Waals surface area (Å²) in [5.41, 5.74) is -0.0303. The molecule has 3 aliphatic heterocycles. The number of carbonyl (C=O) groups is 3. The molecule has 0 radical (unpaired) electrons. The zero-order chi connectivity index (χ0) is 20.6. The molecule has 1 aromatic carbocycles. The van der Waals surface area contributed by atoms with Gasteiger partial charge in [0.25, 0.3) is 11.8 Å². The summed E-state index contributed by atoms with van der Waals surface area (Å²) in [4.78, 5) is 44.0. The van der Waals surface area contributed by atoms with Crippen molar-refractivity contribution in [3.05, 3.63) is 23.8 Å². The lowest BCUT2D eigenvalue weighted by Crippen LogP contribution is -2.55. The first-order valence-corrected chi connectivity index (χ1v) is 10.6. The van der Waals surface area contributed by atoms with E-state index in [1.807, 2.05) is 9.80 Å². The summed E-state index contributed by atoms with van der Waals surface area (Å²) >= 11 is 0. The molecule has 0 saturated carbocycles. The van der Waals surface area contributed by atoms with E-state index < -0.39 is 5.60 Å². The van der Waals surface area contributed by atoms with Gasteiger partial charge in [-0.2, -0.15) is 0 Å². The Balaban J connectivity index is 1.63. The molecule has 0 aliphatic carbocycles. The first-order chi connectivity index (χ1) is 13.9. The van der Waals surface area contributed by atoms with E-state index in [-0.39, 0.29) is 24.3 Å². The van der Waals surface area contributed by atoms with Crippen LogP contribution in [0.3, 0.4) is 0 Å². The lowest BCUT2D eigenvalue weighted by atomic mass is 10.0. The first-order valence-electron chi connectivity index (χ1n) is 10.6. The molecule has 3 aliphatic rings. The van der Waals surface area contributed by atoms with Crippen LogP contribution in [-0.4, -0.2) is 65.8 Å². The topological polar surface area (TPSA) is 70.2 Å². The van der Waals surface area contributed by atoms with Gasteiger partial charge in [0.1, 0.15) is 12.3 Å². The zero-order valence-corrected chi connectivity index (χ0v) is 17.3. The second-order valence-corrected chi connectivity index (χ2v) is 8.63. The van der Waals surface area contributed by atoms with E-state index >= 15 is 0 Å². The summed E-state index contributed by atoms with van der Waals surface area (Å²) in [5.74, 6) is 0.169. The quantitative estimate of drug-likeness (QED) is 0.783. The number of rotatable bonds is 3. The van der Waals surface area contributed by atoms with Crippen molar-refractivity contribution in [3.8, 4) is 5.75 Å². The van der Waals surface area contributed by atoms with Crippen LogP contribution in [-0.2, 0) is 9.59 Å². The van der Waals surface area contributed by atoms with Crippen LogP contribution >= 0.6 is 0 Å². The molecule has 0 aromatic heterocycles. The molecule has 29 heavy (non-hydrogen) atoms. The highest BCUT2D eigenvalue weighted by atomic mass is 16.5. The third kappa shape index (κ3) is 3.82. The summed E-state index contributed by atoms with van der Waals surface area (Å²) in [6.07, 6.45) is 5.17. The summed E-state index contributed by atoms with van der Waals surface area (Å²) in [7, 11) is 0. The maximum atomic E-state index is 13.1. The molecule has 2 saturated heterocycles. The first kappa shape index (κ1) is 19.7. The highest BCUT2D eigenvalue weighted by Gasteiger charge is 2.42. The maximum absolute atomic E-state index is 13.1. The van der Waals surface area contributed by atoms with Crippen LogP contribution in [0.4, 0.5) is 5.69 Å². The second-order valence-electron chi connectivity index (χ2n) is 8.63. The molecule has 0 spiro atoms. The SMILES string of the molecule is CC1(C)Oc2ccc(C(=O)N3CCCC3)cc2N(CC(=O)N2CCCCC2)C1=O. The molecule has 156 valence electrons. The number of anilines is 1. The van der Waals surface area contributed by atoms with Gasteiger partial charge in [0, 0.05) is 31.7 Å². The van der Waals surface area contributed by atoms with Crippen LogP contribution in [0.2, 0.25) is 0 Å². The molecule has 3 amide bonds. The second kappa shape index (κ2) is 7.69. The lowest BCUT2D eigenvalue weighted by Gasteiger charge is -2.39. The molecule has 3 heterocycles. The average molecular weight is 399 g/mol. The van der Waals surface area contributed by atoms with Crippen LogP contribution < -0.4 is 9.64 Å². The fraction of sp³-hybridized carbons (Fsp3) is 0.591. The van der Waals surface area contributed by atoms with Gasteiger partial charge in [-0.25, -0.2) is 0 Å². The van der Waals surface area contributed by atoms with Gasteiger partial charge in [-0.05, 0) is 64.2 Å². The Morgan fingerprint density at radius 3 is 2.28 bits per heavy atom. The van der Waals surface area contributed by atoms with Crippen LogP contribution in [0.5, 0.6) is 5.75 Å². The van der Waals surface area contributed by atoms with Gasteiger partial charge in [0.05, 0.1) is 5.69 Å². The van der Waals surface area contributed by atoms with E-state index in [1.54, 1.807) is 32.0 Å². The van der Waals surface area contributed by atoms with Gasteiger partial charge in [-0.1, -0.05) is 0 Å². The molecule has 7 heteroatoms. The summed E-state index contributed by atoms with van der Waals surface area (Å²) in [6, 6.07) is 5.19. The lowest BCUT2D eigenvalue weighted by molar-refractivity contribution is -0.137. The van der Waals surface area contributed by atoms with Crippen LogP contribution in [0.1, 0.15) is 56.3 Å². The third-order valence-corrected chi connectivity index (χ3v) is 6.02. The predicted molar refractivity (Wildman–Crippen MR) is 109 cm³/mol. The Morgan fingerprint density at radius 1 is 0.966 bits per heavy atom. The van der Waals surface area contributed by atoms with Crippen molar-refractivity contribution in [2.24, 2.45) is 0 Å². The molecule has 0 atom stereocenters. The van der Waals surface area contributed by atoms with Crippen LogP contribution in [0, 0.1) is 0 Å². The number of hydrogen-bond acceptors (Lipinski definition) is 4. The number of fused-ring (bicyclic) bond motifs is 1. The van der Waals surface area contributed by atoms with E-state index in [9.17, 15) is 14.4 Å². The van der Waals surface area contributed by atoms with Crippen molar-refractivity contribution in [2.45, 2.75) is 51.6 Å². The van der Waals surface area contributed by atoms with Crippen LogP contribution in [0.15, 0.2) is 18.2 Å². The van der Waals surface area contributed by atoms with E-state index in [0.29, 0.717) is 17.0 Å². The molecule has 7 nitrogen and oxygen atoms in total. The number of piperidine rings is 1. The number of hydrogen-bond donors (Lipinski definition) is 0. The monoisotopic (exact) mass is 399 g/mol. The van der Waals surface area contributed by atoms with Crippen molar-refractivity contribution < 1.29 is 19.1 Å². The van der Waals surface area contributed by atoms with Gasteiger partial charge in [0.2, 0.25) is 5.91 Å². The zero-order valence-electron chi connectivity index (χ0n) is 17.3. The number of likely N-dealkylation sites (tertiary alicyclic amines) is 2. The molecule has 1 aromatic rings. The normalized spacial score (nSPS) is 21.0. The Hall–Kier alpha value is -2.57. The van der Waals surface area contributed by atoms with Crippen molar-refractivity contribution in [2.75, 3.05) is 37.6 Å². The number of nitrogens with zero attached hydrogens (tertiary/aromatic N) is 3. The number of carbonyl (C=O) groups excluding carboxylic acids is 3. The smallest absolute Gasteiger partial charge is 0.271 e. The third-order valence-electron chi connectivity index (χ3n) is 6.02. The molecular formula is C22H29N3O4. The fourth-order valence-electron chi connectivity index (χ4n) is 4.34. The standard InChI is InChI=1S/C22H29N3O4/c1-22(2)21(28)25(15-19(26)23-10-4-3-5-11-23)17-14-16(8-9-18(17)29-22)20(27)24-12-6-7-13-24/h8-9,14H,3-7,10-13,15H2,1-2H3. The Morgan fingerprint density at radius 2 is 1.59 bits per heavy atom. The summed E-state index contributed by atoms with van der Waals surface area (Å²) < 4.78 is 5.91. The van der Waals surface area contributed by atoms with Crippen molar-refractivity contribution in [1.82, 2.24) is 9.80 Å². The maximum Gasteiger partial charge on any atom is 0.271 e. The summed E-state index contributed by atoms with van der Waals surface area (Å²) in [6.45, 7) is 6.38. The fourth-order valence-corrected chi connectivity index (χ4v) is 4.34. The highest BCUT2D eigenvalue weighted by Crippen LogP contribution is 2.38. The predicted octanol–water partition coefficient (Wildman–Crippen LogP) is 2.44. The van der Waals surface area contributed by atoms with Crippen LogP contribution in [0.25, 0.3) is 0 Å². The van der Waals surface area contributed by atoms with E-state index in [4.69, 9.17) is 4.74 Å². The Labute approximate surface area is 171 Å². The van der Waals surface area contributed by atoms with Crippen molar-refractivity contribution >= 4 is 23.4 Å². The van der Waals surface area contributed by atoms with E-state index in [2.05, 4.69) is 0 Å². The van der Waals surface area contributed by atoms with E-state index in [1.165, 1.54) is 4.90 Å². The van der Waals surface area contributed by atoms with Crippen molar-refractivity contribution in [1.29, 1.82) is 0 Å². The van der Waals surface area contributed by atoms with E-state index in [0.717, 1.165) is 58.3 Å². The average Bonchev–Trinajstić information content (AvgIpc) is 3.26. The number of amides is 3. The Bertz CT molecular complexity index is 823. The summed E-state index contributed by atoms with van der Waals surface area (Å²) in [5, 5.41) is 0. The molecule has 0 unspecified atom stereocenters. The largest absolute Gasteiger partial charge is 0.476 e. The number of ether oxygens (including phenoxy) is 1.